The molecule has 0 spiro atoms. The minimum absolute atomic E-state index is 2.00. The molecule has 0 aliphatic rings. The first kappa shape index (κ1) is 20.4. The summed E-state index contributed by atoms with van der Waals surface area (Å²) < 4.78 is 130. The van der Waals surface area contributed by atoms with Crippen LogP contribution in [0.15, 0.2) is 0 Å². The normalized spacial score (nSPS) is 12.0. The van der Waals surface area contributed by atoms with Crippen LogP contribution in [0.3, 0.4) is 0 Å². The third-order valence-electron chi connectivity index (χ3n) is 3.05. The van der Waals surface area contributed by atoms with E-state index < -0.39 is 81.5 Å². The van der Waals surface area contributed by atoms with E-state index in [4.69, 9.17) is 17.8 Å². The van der Waals surface area contributed by atoms with E-state index in [1.54, 1.807) is 0 Å². The van der Waals surface area contributed by atoms with Crippen molar-refractivity contribution in [2.45, 2.75) is 0 Å². The maximum absolute atomic E-state index is 13.8. The Kier molecular flexibility index (Phi) is 5.47. The van der Waals surface area contributed by atoms with Gasteiger partial charge in [-0.2, -0.15) is 0 Å². The molecule has 136 valence electrons. The fourth-order valence-electron chi connectivity index (χ4n) is 1.89. The van der Waals surface area contributed by atoms with E-state index in [2.05, 4.69) is 0 Å². The number of halogens is 12. The van der Waals surface area contributed by atoms with E-state index in [0.717, 1.165) is 0 Å². The third kappa shape index (κ3) is 2.95. The SMILES string of the molecule is Fc1c(F)c(F)[c]([Sn]([Cl])([Cl])[c]2c(F)c(F)c(F)c(F)c2F)c(F)c1F. The van der Waals surface area contributed by atoms with E-state index >= 15 is 0 Å². The van der Waals surface area contributed by atoms with Crippen LogP contribution in [-0.4, -0.2) is 16.1 Å². The van der Waals surface area contributed by atoms with Gasteiger partial charge in [0, 0.05) is 0 Å². The molecule has 0 N–H and O–H groups in total. The zero-order valence-corrected chi connectivity index (χ0v) is 15.4. The molecule has 0 amide bonds. The summed E-state index contributed by atoms with van der Waals surface area (Å²) in [6, 6.07) is 0. The van der Waals surface area contributed by atoms with Crippen molar-refractivity contribution < 1.29 is 43.9 Å². The van der Waals surface area contributed by atoms with Gasteiger partial charge in [0.15, 0.2) is 0 Å². The molecule has 0 saturated carbocycles. The Morgan fingerprint density at radius 1 is 0.360 bits per heavy atom. The zero-order valence-electron chi connectivity index (χ0n) is 11.0. The molecule has 13 heteroatoms. The van der Waals surface area contributed by atoms with Gasteiger partial charge in [0.2, 0.25) is 0 Å². The van der Waals surface area contributed by atoms with Crippen LogP contribution in [0.25, 0.3) is 0 Å². The van der Waals surface area contributed by atoms with Crippen molar-refractivity contribution in [3.8, 4) is 0 Å². The molecule has 0 fully saturated rings. The Bertz CT molecular complexity index is 769. The van der Waals surface area contributed by atoms with Crippen molar-refractivity contribution in [2.24, 2.45) is 0 Å². The van der Waals surface area contributed by atoms with Crippen molar-refractivity contribution in [1.29, 1.82) is 0 Å². The van der Waals surface area contributed by atoms with Crippen molar-refractivity contribution >= 4 is 41.1 Å². The molecule has 0 aliphatic heterocycles. The molecule has 0 aromatic heterocycles. The number of hydrogen-bond acceptors (Lipinski definition) is 0. The summed E-state index contributed by atoms with van der Waals surface area (Å²) in [4.78, 5) is 0. The van der Waals surface area contributed by atoms with Gasteiger partial charge >= 0.3 is 143 Å². The van der Waals surface area contributed by atoms with Gasteiger partial charge in [-0.05, 0) is 0 Å². The first-order chi connectivity index (χ1) is 11.4. The van der Waals surface area contributed by atoms with Crippen molar-refractivity contribution in [1.82, 2.24) is 0 Å². The van der Waals surface area contributed by atoms with Crippen molar-refractivity contribution in [2.75, 3.05) is 0 Å². The molecule has 0 bridgehead atoms. The minimum atomic E-state index is -6.58. The third-order valence-corrected chi connectivity index (χ3v) is 14.2. The van der Waals surface area contributed by atoms with Gasteiger partial charge in [-0.15, -0.1) is 0 Å². The molecule has 2 aromatic rings. The predicted molar refractivity (Wildman–Crippen MR) is 69.2 cm³/mol. The Morgan fingerprint density at radius 3 is 0.720 bits per heavy atom. The van der Waals surface area contributed by atoms with Gasteiger partial charge in [-0.3, -0.25) is 0 Å². The molecule has 0 nitrogen and oxygen atoms in total. The van der Waals surface area contributed by atoms with Crippen LogP contribution < -0.4 is 7.16 Å². The van der Waals surface area contributed by atoms with E-state index in [1.165, 1.54) is 0 Å². The fraction of sp³-hybridized carbons (Fsp3) is 0. The van der Waals surface area contributed by atoms with Gasteiger partial charge in [0.25, 0.3) is 0 Å². The second kappa shape index (κ2) is 6.69. The fourth-order valence-corrected chi connectivity index (χ4v) is 11.5. The molecule has 25 heavy (non-hydrogen) atoms. The van der Waals surface area contributed by atoms with Crippen LogP contribution >= 0.6 is 17.8 Å². The summed E-state index contributed by atoms with van der Waals surface area (Å²) in [6.45, 7) is 0. The van der Waals surface area contributed by atoms with Crippen molar-refractivity contribution in [3.63, 3.8) is 0 Å². The monoisotopic (exact) mass is 524 g/mol. The molecule has 2 aromatic carbocycles. The Hall–Kier alpha value is -0.881. The molecule has 0 saturated heterocycles. The Labute approximate surface area is 143 Å². The second-order valence-electron chi connectivity index (χ2n) is 4.46. The zero-order chi connectivity index (χ0) is 19.4. The number of hydrogen-bond donors (Lipinski definition) is 0. The van der Waals surface area contributed by atoms with Gasteiger partial charge < -0.3 is 0 Å². The van der Waals surface area contributed by atoms with Crippen LogP contribution in [0.2, 0.25) is 0 Å². The van der Waals surface area contributed by atoms with Crippen LogP contribution in [0.5, 0.6) is 0 Å². The molecule has 2 rings (SSSR count). The average Bonchev–Trinajstić information content (AvgIpc) is 2.54. The average molecular weight is 524 g/mol. The molecular weight excluding hydrogens is 524 g/mol. The molecule has 0 unspecified atom stereocenters. The second-order valence-corrected chi connectivity index (χ2v) is 19.5. The van der Waals surface area contributed by atoms with Gasteiger partial charge in [-0.25, -0.2) is 0 Å². The van der Waals surface area contributed by atoms with Gasteiger partial charge in [0.05, 0.1) is 0 Å². The molecular formula is C12Cl2F10Sn. The Morgan fingerprint density at radius 2 is 0.520 bits per heavy atom. The Balaban J connectivity index is 2.96. The summed E-state index contributed by atoms with van der Waals surface area (Å²) in [7, 11) is 11.0. The number of rotatable bonds is 2. The van der Waals surface area contributed by atoms with Crippen LogP contribution in [-0.2, 0) is 0 Å². The standard InChI is InChI=1S/2C6F5.2ClH.Sn/c2*7-2-1-3(8)5(10)6(11)4(2)9;;;/h;;2*1H;/q;;;;+2/p-2. The molecule has 0 radical (unpaired) electrons. The summed E-state index contributed by atoms with van der Waals surface area (Å²) >= 11 is -6.58. The summed E-state index contributed by atoms with van der Waals surface area (Å²) in [6.07, 6.45) is 0. The number of benzene rings is 2. The van der Waals surface area contributed by atoms with E-state index in [1.807, 2.05) is 0 Å². The first-order valence-corrected chi connectivity index (χ1v) is 15.9. The van der Waals surface area contributed by atoms with Crippen LogP contribution in [0.1, 0.15) is 0 Å². The summed E-state index contributed by atoms with van der Waals surface area (Å²) in [5.41, 5.74) is 0. The first-order valence-electron chi connectivity index (χ1n) is 5.77. The summed E-state index contributed by atoms with van der Waals surface area (Å²) in [5, 5.41) is 0. The van der Waals surface area contributed by atoms with Gasteiger partial charge in [-0.1, -0.05) is 0 Å². The van der Waals surface area contributed by atoms with E-state index in [9.17, 15) is 43.9 Å². The van der Waals surface area contributed by atoms with Crippen molar-refractivity contribution in [3.05, 3.63) is 58.2 Å². The van der Waals surface area contributed by atoms with E-state index in [-0.39, 0.29) is 0 Å². The summed E-state index contributed by atoms with van der Waals surface area (Å²) in [5.74, 6) is -25.9. The van der Waals surface area contributed by atoms with Gasteiger partial charge in [0.1, 0.15) is 0 Å². The predicted octanol–water partition coefficient (Wildman–Crippen LogP) is 4.11. The molecule has 0 atom stereocenters. The quantitative estimate of drug-likeness (QED) is 0.241. The van der Waals surface area contributed by atoms with E-state index in [0.29, 0.717) is 0 Å². The van der Waals surface area contributed by atoms with Crippen LogP contribution in [0.4, 0.5) is 43.9 Å². The maximum atomic E-state index is 13.8. The van der Waals surface area contributed by atoms with Crippen LogP contribution in [0, 0.1) is 58.2 Å². The molecule has 0 aliphatic carbocycles. The topological polar surface area (TPSA) is 0 Å². The molecule has 0 heterocycles.